The first-order valence-corrected chi connectivity index (χ1v) is 5.44. The molecule has 0 aliphatic rings. The van der Waals surface area contributed by atoms with E-state index in [1.54, 1.807) is 0 Å². The van der Waals surface area contributed by atoms with Crippen molar-refractivity contribution in [3.8, 4) is 0 Å². The van der Waals surface area contributed by atoms with Crippen LogP contribution in [0.2, 0.25) is 0 Å². The summed E-state index contributed by atoms with van der Waals surface area (Å²) in [6, 6.07) is 9.85. The van der Waals surface area contributed by atoms with E-state index in [1.807, 2.05) is 37.3 Å². The molecule has 0 spiro atoms. The number of aromatic nitrogens is 1. The number of carbonyl (C=O) groups is 1. The highest BCUT2D eigenvalue weighted by Gasteiger charge is 2.04. The summed E-state index contributed by atoms with van der Waals surface area (Å²) in [5, 5.41) is 12.5. The van der Waals surface area contributed by atoms with E-state index in [9.17, 15) is 4.79 Å². The number of pyridine rings is 1. The van der Waals surface area contributed by atoms with Crippen LogP contribution in [0.5, 0.6) is 0 Å². The van der Waals surface area contributed by atoms with Gasteiger partial charge in [-0.3, -0.25) is 9.78 Å². The Balaban J connectivity index is 2.29. The van der Waals surface area contributed by atoms with Crippen LogP contribution in [0.4, 0.5) is 0 Å². The number of carboxylic acids is 1. The van der Waals surface area contributed by atoms with Gasteiger partial charge in [0.25, 0.3) is 0 Å². The van der Waals surface area contributed by atoms with Crippen molar-refractivity contribution in [1.82, 2.24) is 10.3 Å². The highest BCUT2D eigenvalue weighted by molar-refractivity contribution is 5.82. The van der Waals surface area contributed by atoms with Crippen molar-refractivity contribution in [3.63, 3.8) is 0 Å². The van der Waals surface area contributed by atoms with Crippen LogP contribution >= 0.6 is 0 Å². The van der Waals surface area contributed by atoms with Crippen LogP contribution in [0.15, 0.2) is 30.3 Å². The van der Waals surface area contributed by atoms with Crippen molar-refractivity contribution in [2.75, 3.05) is 6.54 Å². The van der Waals surface area contributed by atoms with E-state index >= 15 is 0 Å². The fraction of sp³-hybridized carbons (Fsp3) is 0.231. The van der Waals surface area contributed by atoms with Crippen LogP contribution in [0, 0.1) is 6.92 Å². The molecule has 88 valence electrons. The lowest BCUT2D eigenvalue weighted by Crippen LogP contribution is -2.22. The number of fused-ring (bicyclic) bond motifs is 1. The van der Waals surface area contributed by atoms with Gasteiger partial charge in [-0.15, -0.1) is 0 Å². The first kappa shape index (κ1) is 11.5. The molecule has 0 saturated carbocycles. The molecule has 4 heteroatoms. The molecule has 0 aliphatic carbocycles. The summed E-state index contributed by atoms with van der Waals surface area (Å²) in [5.74, 6) is -0.847. The predicted octanol–water partition coefficient (Wildman–Crippen LogP) is 1.72. The molecule has 1 aromatic carbocycles. The van der Waals surface area contributed by atoms with Crippen LogP contribution in [0.3, 0.4) is 0 Å². The third-order valence-corrected chi connectivity index (χ3v) is 2.52. The molecular weight excluding hydrogens is 216 g/mol. The van der Waals surface area contributed by atoms with Crippen molar-refractivity contribution >= 4 is 16.9 Å². The van der Waals surface area contributed by atoms with Crippen molar-refractivity contribution in [1.29, 1.82) is 0 Å². The maximum absolute atomic E-state index is 10.4. The summed E-state index contributed by atoms with van der Waals surface area (Å²) in [6.45, 7) is 2.44. The molecule has 2 N–H and O–H groups in total. The second-order valence-electron chi connectivity index (χ2n) is 3.94. The quantitative estimate of drug-likeness (QED) is 0.839. The van der Waals surface area contributed by atoms with Crippen molar-refractivity contribution in [2.24, 2.45) is 0 Å². The van der Waals surface area contributed by atoms with Gasteiger partial charge in [-0.05, 0) is 24.6 Å². The zero-order chi connectivity index (χ0) is 12.3. The summed E-state index contributed by atoms with van der Waals surface area (Å²) in [5.41, 5.74) is 2.96. The average molecular weight is 230 g/mol. The normalized spacial score (nSPS) is 10.6. The van der Waals surface area contributed by atoms with Gasteiger partial charge in [0, 0.05) is 17.6 Å². The van der Waals surface area contributed by atoms with Gasteiger partial charge >= 0.3 is 5.97 Å². The number of hydrogen-bond acceptors (Lipinski definition) is 3. The van der Waals surface area contributed by atoms with Crippen LogP contribution in [-0.2, 0) is 11.3 Å². The molecule has 0 atom stereocenters. The second-order valence-corrected chi connectivity index (χ2v) is 3.94. The summed E-state index contributed by atoms with van der Waals surface area (Å²) >= 11 is 0. The largest absolute Gasteiger partial charge is 0.480 e. The number of aliphatic carboxylic acids is 1. The summed E-state index contributed by atoms with van der Waals surface area (Å²) in [7, 11) is 0. The van der Waals surface area contributed by atoms with E-state index in [-0.39, 0.29) is 6.54 Å². The molecule has 0 radical (unpaired) electrons. The first-order valence-electron chi connectivity index (χ1n) is 5.44. The molecule has 0 aliphatic heterocycles. The predicted molar refractivity (Wildman–Crippen MR) is 65.8 cm³/mol. The Morgan fingerprint density at radius 2 is 2.18 bits per heavy atom. The number of nitrogens with one attached hydrogen (secondary N) is 1. The molecule has 17 heavy (non-hydrogen) atoms. The van der Waals surface area contributed by atoms with Crippen LogP contribution in [0.1, 0.15) is 11.3 Å². The SMILES string of the molecule is Cc1cc(CNCC(=O)O)c2ccccc2n1. The van der Waals surface area contributed by atoms with Crippen molar-refractivity contribution in [2.45, 2.75) is 13.5 Å². The molecule has 1 aromatic heterocycles. The Morgan fingerprint density at radius 1 is 1.41 bits per heavy atom. The monoisotopic (exact) mass is 230 g/mol. The number of carboxylic acid groups (broad SMARTS) is 1. The lowest BCUT2D eigenvalue weighted by atomic mass is 10.1. The highest BCUT2D eigenvalue weighted by atomic mass is 16.4. The fourth-order valence-corrected chi connectivity index (χ4v) is 1.85. The molecule has 4 nitrogen and oxygen atoms in total. The zero-order valence-electron chi connectivity index (χ0n) is 9.60. The Labute approximate surface area is 99.3 Å². The maximum atomic E-state index is 10.4. The third kappa shape index (κ3) is 2.79. The van der Waals surface area contributed by atoms with E-state index < -0.39 is 5.97 Å². The Hall–Kier alpha value is -1.94. The number of nitrogens with zero attached hydrogens (tertiary/aromatic N) is 1. The van der Waals surface area contributed by atoms with Gasteiger partial charge < -0.3 is 10.4 Å². The van der Waals surface area contributed by atoms with Gasteiger partial charge in [0.15, 0.2) is 0 Å². The minimum absolute atomic E-state index is 0.0320. The van der Waals surface area contributed by atoms with E-state index in [4.69, 9.17) is 5.11 Å². The van der Waals surface area contributed by atoms with Gasteiger partial charge in [-0.1, -0.05) is 18.2 Å². The van der Waals surface area contributed by atoms with E-state index in [0.717, 1.165) is 22.2 Å². The van der Waals surface area contributed by atoms with Crippen molar-refractivity contribution < 1.29 is 9.90 Å². The Kier molecular flexibility index (Phi) is 3.35. The van der Waals surface area contributed by atoms with Crippen molar-refractivity contribution in [3.05, 3.63) is 41.6 Å². The minimum atomic E-state index is -0.847. The van der Waals surface area contributed by atoms with Crippen LogP contribution < -0.4 is 5.32 Å². The number of para-hydroxylation sites is 1. The molecule has 0 unspecified atom stereocenters. The van der Waals surface area contributed by atoms with Crippen LogP contribution in [-0.4, -0.2) is 22.6 Å². The van der Waals surface area contributed by atoms with Gasteiger partial charge in [-0.25, -0.2) is 0 Å². The average Bonchev–Trinajstić information content (AvgIpc) is 2.28. The van der Waals surface area contributed by atoms with Gasteiger partial charge in [0.2, 0.25) is 0 Å². The zero-order valence-corrected chi connectivity index (χ0v) is 9.60. The molecule has 2 rings (SSSR count). The first-order chi connectivity index (χ1) is 8.16. The number of hydrogen-bond donors (Lipinski definition) is 2. The number of benzene rings is 1. The lowest BCUT2D eigenvalue weighted by Gasteiger charge is -2.08. The van der Waals surface area contributed by atoms with E-state index in [0.29, 0.717) is 6.54 Å². The summed E-state index contributed by atoms with van der Waals surface area (Å²) in [6.07, 6.45) is 0. The highest BCUT2D eigenvalue weighted by Crippen LogP contribution is 2.17. The molecule has 2 aromatic rings. The Morgan fingerprint density at radius 3 is 2.94 bits per heavy atom. The standard InChI is InChI=1S/C13H14N2O2/c1-9-6-10(7-14-8-13(16)17)11-4-2-3-5-12(11)15-9/h2-6,14H,7-8H2,1H3,(H,16,17). The lowest BCUT2D eigenvalue weighted by molar-refractivity contribution is -0.135. The molecule has 0 fully saturated rings. The molecular formula is C13H14N2O2. The number of rotatable bonds is 4. The smallest absolute Gasteiger partial charge is 0.317 e. The Bertz CT molecular complexity index is 552. The topological polar surface area (TPSA) is 62.2 Å². The molecule has 0 saturated heterocycles. The number of aryl methyl sites for hydroxylation is 1. The maximum Gasteiger partial charge on any atom is 0.317 e. The molecule has 1 heterocycles. The summed E-state index contributed by atoms with van der Waals surface area (Å²) < 4.78 is 0. The molecule has 0 bridgehead atoms. The second kappa shape index (κ2) is 4.93. The van der Waals surface area contributed by atoms with E-state index in [1.165, 1.54) is 0 Å². The van der Waals surface area contributed by atoms with Crippen LogP contribution in [0.25, 0.3) is 10.9 Å². The third-order valence-electron chi connectivity index (χ3n) is 2.52. The van der Waals surface area contributed by atoms with Gasteiger partial charge in [-0.2, -0.15) is 0 Å². The fourth-order valence-electron chi connectivity index (χ4n) is 1.85. The molecule has 0 amide bonds. The van der Waals surface area contributed by atoms with Gasteiger partial charge in [0.05, 0.1) is 12.1 Å². The summed E-state index contributed by atoms with van der Waals surface area (Å²) in [4.78, 5) is 14.9. The van der Waals surface area contributed by atoms with E-state index in [2.05, 4.69) is 10.3 Å². The van der Waals surface area contributed by atoms with Gasteiger partial charge in [0.1, 0.15) is 0 Å². The minimum Gasteiger partial charge on any atom is -0.480 e.